The van der Waals surface area contributed by atoms with Crippen molar-refractivity contribution >= 4 is 5.91 Å². The summed E-state index contributed by atoms with van der Waals surface area (Å²) in [6.07, 6.45) is 3.64. The number of amides is 1. The Morgan fingerprint density at radius 2 is 1.97 bits per heavy atom. The first-order chi connectivity index (χ1) is 15.0. The second kappa shape index (κ2) is 7.60. The molecule has 8 nitrogen and oxygen atoms in total. The Labute approximate surface area is 182 Å². The highest BCUT2D eigenvalue weighted by Gasteiger charge is 2.57. The van der Waals surface area contributed by atoms with Crippen molar-refractivity contribution in [2.45, 2.75) is 32.9 Å². The van der Waals surface area contributed by atoms with Crippen molar-refractivity contribution in [3.63, 3.8) is 0 Å². The van der Waals surface area contributed by atoms with E-state index in [4.69, 9.17) is 0 Å². The van der Waals surface area contributed by atoms with E-state index in [0.717, 1.165) is 50.8 Å². The number of carbonyl (C=O) groups is 1. The third-order valence-electron chi connectivity index (χ3n) is 6.83. The van der Waals surface area contributed by atoms with Gasteiger partial charge in [-0.15, -0.1) is 10.2 Å². The van der Waals surface area contributed by atoms with Crippen molar-refractivity contribution in [1.82, 2.24) is 34.3 Å². The first-order valence-corrected chi connectivity index (χ1v) is 10.9. The number of likely N-dealkylation sites (tertiary alicyclic amines) is 2. The van der Waals surface area contributed by atoms with Gasteiger partial charge in [-0.05, 0) is 19.4 Å². The zero-order valence-corrected chi connectivity index (χ0v) is 18.4. The zero-order valence-electron chi connectivity index (χ0n) is 18.4. The lowest BCUT2D eigenvalue weighted by molar-refractivity contribution is 0.00135. The molecule has 162 valence electrons. The lowest BCUT2D eigenvalue weighted by atomic mass is 9.71. The maximum absolute atomic E-state index is 13.2. The van der Waals surface area contributed by atoms with Crippen molar-refractivity contribution in [3.8, 4) is 0 Å². The second-order valence-corrected chi connectivity index (χ2v) is 9.02. The molecule has 1 amide bonds. The van der Waals surface area contributed by atoms with E-state index in [0.29, 0.717) is 5.56 Å². The Balaban J connectivity index is 1.36. The summed E-state index contributed by atoms with van der Waals surface area (Å²) in [7, 11) is 2.01. The van der Waals surface area contributed by atoms with E-state index in [-0.39, 0.29) is 17.2 Å². The highest BCUT2D eigenvalue weighted by Crippen LogP contribution is 2.49. The molecular formula is C23H29N7O. The summed E-state index contributed by atoms with van der Waals surface area (Å²) in [5.41, 5.74) is 2.84. The predicted molar refractivity (Wildman–Crippen MR) is 116 cm³/mol. The van der Waals surface area contributed by atoms with Gasteiger partial charge in [0.05, 0.1) is 11.3 Å². The molecule has 8 heteroatoms. The van der Waals surface area contributed by atoms with Crippen LogP contribution < -0.4 is 0 Å². The fraction of sp³-hybridized carbons (Fsp3) is 0.478. The third kappa shape index (κ3) is 3.44. The van der Waals surface area contributed by atoms with Gasteiger partial charge >= 0.3 is 0 Å². The number of rotatable bonds is 5. The van der Waals surface area contributed by atoms with Crippen molar-refractivity contribution in [3.05, 3.63) is 65.5 Å². The molecule has 1 atom stereocenters. The lowest BCUT2D eigenvalue weighted by Crippen LogP contribution is -2.61. The molecule has 0 N–H and O–H groups in total. The van der Waals surface area contributed by atoms with Gasteiger partial charge in [-0.25, -0.2) is 0 Å². The number of aryl methyl sites for hydroxylation is 3. The number of aromatic nitrogens is 5. The standard InChI is InChI=1S/C23H29N7O/c1-4-30-11-19(17(2)26-30)22(31)29-14-23(15-29)13-28(10-18-8-6-5-7-9-18)12-20(23)21-25-24-16-27(21)3/h5-9,11,16,20H,4,10,12-15H2,1-3H3. The Morgan fingerprint density at radius 3 is 2.61 bits per heavy atom. The highest BCUT2D eigenvalue weighted by atomic mass is 16.2. The second-order valence-electron chi connectivity index (χ2n) is 9.02. The summed E-state index contributed by atoms with van der Waals surface area (Å²) in [5, 5.41) is 13.0. The number of benzene rings is 1. The van der Waals surface area contributed by atoms with Crippen LogP contribution in [0.25, 0.3) is 0 Å². The number of hydrogen-bond acceptors (Lipinski definition) is 5. The average molecular weight is 420 g/mol. The summed E-state index contributed by atoms with van der Waals surface area (Å²) < 4.78 is 3.86. The van der Waals surface area contributed by atoms with Crippen molar-refractivity contribution in [2.75, 3.05) is 26.2 Å². The average Bonchev–Trinajstić information content (AvgIpc) is 3.43. The summed E-state index contributed by atoms with van der Waals surface area (Å²) in [4.78, 5) is 17.6. The van der Waals surface area contributed by atoms with Crippen LogP contribution in [0.3, 0.4) is 0 Å². The topological polar surface area (TPSA) is 72.1 Å². The molecule has 31 heavy (non-hydrogen) atoms. The van der Waals surface area contributed by atoms with E-state index in [1.54, 1.807) is 6.33 Å². The maximum Gasteiger partial charge on any atom is 0.257 e. The van der Waals surface area contributed by atoms with Gasteiger partial charge < -0.3 is 9.47 Å². The van der Waals surface area contributed by atoms with Gasteiger partial charge in [0.1, 0.15) is 12.2 Å². The molecule has 2 aliphatic rings. The van der Waals surface area contributed by atoms with E-state index in [1.165, 1.54) is 5.56 Å². The minimum Gasteiger partial charge on any atom is -0.337 e. The summed E-state index contributed by atoms with van der Waals surface area (Å²) in [6.45, 7) is 8.98. The molecule has 5 rings (SSSR count). The predicted octanol–water partition coefficient (Wildman–Crippen LogP) is 2.08. The Bertz CT molecular complexity index is 1080. The van der Waals surface area contributed by atoms with Crippen LogP contribution in [0.15, 0.2) is 42.9 Å². The molecule has 3 aromatic rings. The molecule has 1 spiro atoms. The minimum atomic E-state index is 0.0138. The minimum absolute atomic E-state index is 0.0138. The van der Waals surface area contributed by atoms with Crippen LogP contribution >= 0.6 is 0 Å². The van der Waals surface area contributed by atoms with E-state index >= 15 is 0 Å². The van der Waals surface area contributed by atoms with Gasteiger partial charge in [-0.1, -0.05) is 30.3 Å². The highest BCUT2D eigenvalue weighted by molar-refractivity contribution is 5.95. The Hall–Kier alpha value is -3.00. The third-order valence-corrected chi connectivity index (χ3v) is 6.83. The molecule has 1 aromatic carbocycles. The zero-order chi connectivity index (χ0) is 21.6. The van der Waals surface area contributed by atoms with Crippen molar-refractivity contribution < 1.29 is 4.79 Å². The van der Waals surface area contributed by atoms with Crippen LogP contribution in [-0.4, -0.2) is 66.4 Å². The number of carbonyl (C=O) groups excluding carboxylic acids is 1. The van der Waals surface area contributed by atoms with Gasteiger partial charge in [0, 0.05) is 63.8 Å². The van der Waals surface area contributed by atoms with Crippen LogP contribution in [0.5, 0.6) is 0 Å². The SMILES string of the molecule is CCn1cc(C(=O)N2CC3(CN(Cc4ccccc4)CC3c3nncn3C)C2)c(C)n1. The van der Waals surface area contributed by atoms with Crippen LogP contribution in [0.4, 0.5) is 0 Å². The molecule has 4 heterocycles. The monoisotopic (exact) mass is 419 g/mol. The van der Waals surface area contributed by atoms with E-state index in [2.05, 4.69) is 50.5 Å². The number of nitrogens with zero attached hydrogens (tertiary/aromatic N) is 7. The lowest BCUT2D eigenvalue weighted by Gasteiger charge is -2.50. The van der Waals surface area contributed by atoms with Crippen molar-refractivity contribution in [2.24, 2.45) is 12.5 Å². The molecule has 2 fully saturated rings. The van der Waals surface area contributed by atoms with Crippen LogP contribution in [0, 0.1) is 12.3 Å². The summed E-state index contributed by atoms with van der Waals surface area (Å²) in [6, 6.07) is 10.6. The molecule has 2 aromatic heterocycles. The molecule has 2 saturated heterocycles. The van der Waals surface area contributed by atoms with Gasteiger partial charge in [-0.2, -0.15) is 5.10 Å². The summed E-state index contributed by atoms with van der Waals surface area (Å²) in [5.74, 6) is 1.35. The van der Waals surface area contributed by atoms with E-state index in [9.17, 15) is 4.79 Å². The Morgan fingerprint density at radius 1 is 1.19 bits per heavy atom. The van der Waals surface area contributed by atoms with E-state index in [1.807, 2.05) is 41.2 Å². The molecular weight excluding hydrogens is 390 g/mol. The molecule has 1 unspecified atom stereocenters. The van der Waals surface area contributed by atoms with Gasteiger partial charge in [0.2, 0.25) is 0 Å². The molecule has 0 saturated carbocycles. The maximum atomic E-state index is 13.2. The van der Waals surface area contributed by atoms with Crippen LogP contribution in [-0.2, 0) is 20.1 Å². The molecule has 0 aliphatic carbocycles. The molecule has 2 aliphatic heterocycles. The first-order valence-electron chi connectivity index (χ1n) is 10.9. The molecule has 0 bridgehead atoms. The van der Waals surface area contributed by atoms with Crippen LogP contribution in [0.2, 0.25) is 0 Å². The summed E-state index contributed by atoms with van der Waals surface area (Å²) >= 11 is 0. The molecule has 0 radical (unpaired) electrons. The first kappa shape index (κ1) is 19.9. The smallest absolute Gasteiger partial charge is 0.257 e. The van der Waals surface area contributed by atoms with Crippen molar-refractivity contribution in [1.29, 1.82) is 0 Å². The normalized spacial score (nSPS) is 20.4. The van der Waals surface area contributed by atoms with Gasteiger partial charge in [0.25, 0.3) is 5.91 Å². The van der Waals surface area contributed by atoms with E-state index < -0.39 is 0 Å². The quantitative estimate of drug-likeness (QED) is 0.633. The number of hydrogen-bond donors (Lipinski definition) is 0. The fourth-order valence-electron chi connectivity index (χ4n) is 5.24. The fourth-order valence-corrected chi connectivity index (χ4v) is 5.24. The largest absolute Gasteiger partial charge is 0.337 e. The van der Waals surface area contributed by atoms with Gasteiger partial charge in [0.15, 0.2) is 0 Å². The van der Waals surface area contributed by atoms with Gasteiger partial charge in [-0.3, -0.25) is 14.4 Å². The Kier molecular flexibility index (Phi) is 4.89. The van der Waals surface area contributed by atoms with Crippen LogP contribution in [0.1, 0.15) is 40.3 Å².